The van der Waals surface area contributed by atoms with Gasteiger partial charge in [0.1, 0.15) is 0 Å². The molecule has 0 aliphatic carbocycles. The van der Waals surface area contributed by atoms with Crippen molar-refractivity contribution in [3.05, 3.63) is 0 Å². The van der Waals surface area contributed by atoms with Crippen LogP contribution in [0.2, 0.25) is 0 Å². The van der Waals surface area contributed by atoms with Crippen LogP contribution in [0.4, 0.5) is 0 Å². The summed E-state index contributed by atoms with van der Waals surface area (Å²) in [4.78, 5) is 0. The summed E-state index contributed by atoms with van der Waals surface area (Å²) in [6, 6.07) is 0. The van der Waals surface area contributed by atoms with Crippen molar-refractivity contribution in [2.24, 2.45) is 0 Å². The zero-order chi connectivity index (χ0) is 16.5. The molecule has 0 saturated heterocycles. The third kappa shape index (κ3) is 11.9. The topological polar surface area (TPSA) is 0 Å². The van der Waals surface area contributed by atoms with Crippen molar-refractivity contribution >= 4 is 7.26 Å². The Kier molecular flexibility index (Phi) is 16.6. The summed E-state index contributed by atoms with van der Waals surface area (Å²) >= 11 is 0. The normalized spacial score (nSPS) is 12.7. The molecule has 0 amide bonds. The second-order valence-corrected chi connectivity index (χ2v) is 12.7. The molecule has 0 N–H and O–H groups in total. The quantitative estimate of drug-likeness (QED) is 0.188. The van der Waals surface area contributed by atoms with E-state index in [0.717, 1.165) is 0 Å². The number of hydrogen-bond donors (Lipinski definition) is 0. The number of unbranched alkanes of at least 4 members (excludes halogenated alkanes) is 9. The van der Waals surface area contributed by atoms with Crippen molar-refractivity contribution < 1.29 is 0 Å². The van der Waals surface area contributed by atoms with E-state index >= 15 is 0 Å². The molecule has 0 fully saturated rings. The molecular weight excluding hydrogens is 283 g/mol. The molecule has 0 aliphatic rings. The van der Waals surface area contributed by atoms with E-state index < -0.39 is 7.26 Å². The fraction of sp³-hybridized carbons (Fsp3) is 1.00. The third-order valence-corrected chi connectivity index (χ3v) is 11.5. The van der Waals surface area contributed by atoms with Crippen LogP contribution in [0.1, 0.15) is 111 Å². The van der Waals surface area contributed by atoms with E-state index in [9.17, 15) is 0 Å². The summed E-state index contributed by atoms with van der Waals surface area (Å²) in [5.41, 5.74) is 0. The molecule has 0 saturated carbocycles. The van der Waals surface area contributed by atoms with E-state index in [1.807, 2.05) is 0 Å². The van der Waals surface area contributed by atoms with Crippen LogP contribution in [0.15, 0.2) is 0 Å². The molecule has 0 spiro atoms. The van der Waals surface area contributed by atoms with E-state index in [0.29, 0.717) is 0 Å². The Morgan fingerprint density at radius 2 is 0.727 bits per heavy atom. The first kappa shape index (κ1) is 22.4. The Morgan fingerprint density at radius 1 is 0.364 bits per heavy atom. The second kappa shape index (κ2) is 16.3. The van der Waals surface area contributed by atoms with Gasteiger partial charge >= 0.3 is 143 Å². The van der Waals surface area contributed by atoms with Crippen molar-refractivity contribution in [1.29, 1.82) is 0 Å². The minimum atomic E-state index is -0.886. The Hall–Kier alpha value is 0.430. The van der Waals surface area contributed by atoms with Gasteiger partial charge in [-0.25, -0.2) is 0 Å². The summed E-state index contributed by atoms with van der Waals surface area (Å²) < 4.78 is 0. The van der Waals surface area contributed by atoms with Crippen LogP contribution in [0.3, 0.4) is 0 Å². The predicted octanol–water partition coefficient (Wildman–Crippen LogP) is 7.89. The Morgan fingerprint density at radius 3 is 1.09 bits per heavy atom. The van der Waals surface area contributed by atoms with Crippen molar-refractivity contribution in [3.63, 3.8) is 0 Å². The Bertz CT molecular complexity index is 195. The zero-order valence-electron chi connectivity index (χ0n) is 16.5. The van der Waals surface area contributed by atoms with Gasteiger partial charge in [-0.15, -0.1) is 0 Å². The maximum absolute atomic E-state index is 2.41. The third-order valence-electron chi connectivity index (χ3n) is 5.40. The van der Waals surface area contributed by atoms with Gasteiger partial charge in [0.15, 0.2) is 0 Å². The van der Waals surface area contributed by atoms with Gasteiger partial charge in [-0.3, -0.25) is 0 Å². The summed E-state index contributed by atoms with van der Waals surface area (Å²) in [5, 5.41) is 0. The van der Waals surface area contributed by atoms with Gasteiger partial charge < -0.3 is 0 Å². The van der Waals surface area contributed by atoms with Gasteiger partial charge in [-0.2, -0.15) is 0 Å². The van der Waals surface area contributed by atoms with Crippen LogP contribution < -0.4 is 0 Å². The first-order valence-electron chi connectivity index (χ1n) is 10.7. The molecule has 136 valence electrons. The van der Waals surface area contributed by atoms with Crippen LogP contribution >= 0.6 is 7.26 Å². The molecule has 0 radical (unpaired) electrons. The summed E-state index contributed by atoms with van der Waals surface area (Å²) in [6.07, 6.45) is 25.6. The molecule has 1 heteroatoms. The number of hydrogen-bond acceptors (Lipinski definition) is 0. The van der Waals surface area contributed by atoms with Crippen LogP contribution in [-0.4, -0.2) is 24.6 Å². The number of rotatable bonds is 17. The van der Waals surface area contributed by atoms with Crippen molar-refractivity contribution in [2.45, 2.75) is 111 Å². The molecule has 0 unspecified atom stereocenters. The van der Waals surface area contributed by atoms with Gasteiger partial charge in [-0.1, -0.05) is 0 Å². The summed E-state index contributed by atoms with van der Waals surface area (Å²) in [6.45, 7) is 9.53. The minimum absolute atomic E-state index is 0.886. The first-order valence-corrected chi connectivity index (χ1v) is 13.6. The van der Waals surface area contributed by atoms with E-state index in [1.165, 1.54) is 77.0 Å². The maximum atomic E-state index is 2.41. The van der Waals surface area contributed by atoms with Crippen molar-refractivity contribution in [1.82, 2.24) is 0 Å². The molecule has 0 nitrogen and oxygen atoms in total. The summed E-state index contributed by atoms with van der Waals surface area (Å²) in [7, 11) is -0.886. The molecule has 0 aromatic rings. The fourth-order valence-corrected chi connectivity index (χ4v) is 10.0. The SMILES string of the molecule is CCCCCCCCCCCC[PH](CCC)(CCC)CCC. The fourth-order valence-electron chi connectivity index (χ4n) is 4.33. The second-order valence-electron chi connectivity index (χ2n) is 7.68. The van der Waals surface area contributed by atoms with Crippen molar-refractivity contribution in [3.8, 4) is 0 Å². The van der Waals surface area contributed by atoms with E-state index in [2.05, 4.69) is 27.7 Å². The zero-order valence-corrected chi connectivity index (χ0v) is 17.5. The molecule has 0 bridgehead atoms. The van der Waals surface area contributed by atoms with Gasteiger partial charge in [0.25, 0.3) is 0 Å². The molecular formula is C21H47P. The van der Waals surface area contributed by atoms with Gasteiger partial charge in [0, 0.05) is 0 Å². The van der Waals surface area contributed by atoms with Gasteiger partial charge in [0.2, 0.25) is 0 Å². The van der Waals surface area contributed by atoms with Crippen LogP contribution in [0, 0.1) is 0 Å². The molecule has 0 atom stereocenters. The monoisotopic (exact) mass is 330 g/mol. The standard InChI is InChI=1S/C21H47P/c1-5-9-10-11-12-13-14-15-16-17-21-22(18-6-2,19-7-3)20-8-4/h22H,5-21H2,1-4H3. The molecule has 0 aliphatic heterocycles. The average molecular weight is 331 g/mol. The van der Waals surface area contributed by atoms with Crippen LogP contribution in [-0.2, 0) is 0 Å². The molecule has 22 heavy (non-hydrogen) atoms. The van der Waals surface area contributed by atoms with E-state index in [-0.39, 0.29) is 0 Å². The van der Waals surface area contributed by atoms with Gasteiger partial charge in [-0.05, 0) is 0 Å². The molecule has 0 heterocycles. The Labute approximate surface area is 143 Å². The average Bonchev–Trinajstić information content (AvgIpc) is 2.50. The van der Waals surface area contributed by atoms with Crippen LogP contribution in [0.25, 0.3) is 0 Å². The molecule has 0 rings (SSSR count). The summed E-state index contributed by atoms with van der Waals surface area (Å²) in [5.74, 6) is 0. The van der Waals surface area contributed by atoms with Gasteiger partial charge in [0.05, 0.1) is 0 Å². The van der Waals surface area contributed by atoms with E-state index in [1.54, 1.807) is 31.1 Å². The first-order chi connectivity index (χ1) is 10.7. The molecule has 0 aromatic carbocycles. The van der Waals surface area contributed by atoms with E-state index in [4.69, 9.17) is 0 Å². The predicted molar refractivity (Wildman–Crippen MR) is 111 cm³/mol. The molecule has 0 aromatic heterocycles. The Balaban J connectivity index is 3.70. The van der Waals surface area contributed by atoms with Crippen LogP contribution in [0.5, 0.6) is 0 Å². The van der Waals surface area contributed by atoms with Crippen molar-refractivity contribution in [2.75, 3.05) is 24.6 Å².